The van der Waals surface area contributed by atoms with E-state index in [1.165, 1.54) is 129 Å². The molecule has 0 radical (unpaired) electrons. The van der Waals surface area contributed by atoms with Crippen LogP contribution in [0.5, 0.6) is 0 Å². The minimum absolute atomic E-state index is 1.05. The summed E-state index contributed by atoms with van der Waals surface area (Å²) in [6, 6.07) is 72.1. The van der Waals surface area contributed by atoms with Crippen molar-refractivity contribution >= 4 is 66.0 Å². The first-order valence-electron chi connectivity index (χ1n) is 26.9. The number of hydrogen-bond acceptors (Lipinski definition) is 2. The first-order valence-corrected chi connectivity index (χ1v) is 28.5. The molecular weight excluding hydrogens is 1030 g/mol. The van der Waals surface area contributed by atoms with E-state index < -0.39 is 0 Å². The molecule has 0 aromatic heterocycles. The lowest BCUT2D eigenvalue weighted by Gasteiger charge is -2.28. The van der Waals surface area contributed by atoms with Gasteiger partial charge in [0.25, 0.3) is 0 Å². The van der Waals surface area contributed by atoms with Crippen LogP contribution in [0, 0.1) is 27.7 Å². The molecule has 9 rings (SSSR count). The van der Waals surface area contributed by atoms with E-state index in [1.807, 2.05) is 0 Å². The van der Waals surface area contributed by atoms with Crippen LogP contribution in [0.1, 0.15) is 98.6 Å². The van der Waals surface area contributed by atoms with Crippen LogP contribution < -0.4 is 9.80 Å². The van der Waals surface area contributed by atoms with E-state index in [0.717, 1.165) is 55.9 Å². The molecule has 0 N–H and O–H groups in total. The van der Waals surface area contributed by atoms with Gasteiger partial charge < -0.3 is 9.80 Å². The summed E-state index contributed by atoms with van der Waals surface area (Å²) in [4.78, 5) is 4.81. The summed E-state index contributed by atoms with van der Waals surface area (Å²) in [5, 5.41) is 0. The van der Waals surface area contributed by atoms with Gasteiger partial charge in [-0.05, 0) is 228 Å². The van der Waals surface area contributed by atoms with Gasteiger partial charge in [0.05, 0.1) is 0 Å². The Balaban J connectivity index is 1.13. The molecule has 4 heteroatoms. The molecule has 9 aromatic carbocycles. The molecule has 2 nitrogen and oxygen atoms in total. The smallest absolute Gasteiger partial charge is 0.0464 e. The van der Waals surface area contributed by atoms with Gasteiger partial charge in [0.15, 0.2) is 0 Å². The Bertz CT molecular complexity index is 3080. The summed E-state index contributed by atoms with van der Waals surface area (Å²) in [7, 11) is 0. The summed E-state index contributed by atoms with van der Waals surface area (Å²) >= 11 is 7.41. The van der Waals surface area contributed by atoms with Crippen LogP contribution >= 0.6 is 31.9 Å². The molecule has 0 bridgehead atoms. The van der Waals surface area contributed by atoms with Crippen molar-refractivity contribution in [2.75, 3.05) is 9.80 Å². The van der Waals surface area contributed by atoms with Crippen LogP contribution in [-0.2, 0) is 12.8 Å². The summed E-state index contributed by atoms with van der Waals surface area (Å²) in [6.07, 6.45) is 11.9. The van der Waals surface area contributed by atoms with Crippen LogP contribution in [0.15, 0.2) is 203 Å². The van der Waals surface area contributed by atoms with Crippen LogP contribution in [0.3, 0.4) is 0 Å². The second-order valence-electron chi connectivity index (χ2n) is 20.1. The highest BCUT2D eigenvalue weighted by Gasteiger charge is 2.21. The zero-order valence-corrected chi connectivity index (χ0v) is 47.4. The second kappa shape index (κ2) is 24.7. The Labute approximate surface area is 459 Å². The zero-order chi connectivity index (χ0) is 51.6. The molecule has 0 saturated heterocycles. The van der Waals surface area contributed by atoms with Gasteiger partial charge in [0, 0.05) is 43.1 Å². The third kappa shape index (κ3) is 12.2. The van der Waals surface area contributed by atoms with Gasteiger partial charge >= 0.3 is 0 Å². The van der Waals surface area contributed by atoms with Crippen LogP contribution in [0.25, 0.3) is 44.5 Å². The number of benzene rings is 9. The first kappa shape index (κ1) is 52.4. The predicted octanol–water partition coefficient (Wildman–Crippen LogP) is 22.3. The number of hydrogen-bond donors (Lipinski definition) is 0. The molecule has 0 atom stereocenters. The third-order valence-electron chi connectivity index (χ3n) is 14.7. The maximum absolute atomic E-state index is 3.70. The fourth-order valence-electron chi connectivity index (χ4n) is 10.8. The summed E-state index contributed by atoms with van der Waals surface area (Å²) in [5.41, 5.74) is 25.1. The van der Waals surface area contributed by atoms with E-state index in [4.69, 9.17) is 0 Å². The molecule has 0 spiro atoms. The molecule has 0 amide bonds. The number of rotatable bonds is 20. The minimum Gasteiger partial charge on any atom is -0.310 e. The molecule has 0 unspecified atom stereocenters. The highest BCUT2D eigenvalue weighted by Crippen LogP contribution is 2.44. The topological polar surface area (TPSA) is 6.48 Å². The Morgan fingerprint density at radius 1 is 0.297 bits per heavy atom. The van der Waals surface area contributed by atoms with Gasteiger partial charge in [-0.15, -0.1) is 0 Å². The SMILES string of the molecule is CCCCCCc1cc(-c2ccc(N(c3ccc(Br)cc3)c3ccc(-c4ccccc4)c(C)c3)cc2C)c(CCCCCC)cc1-c1ccc(N(c2ccc(Br)cc2)c2ccc(-c3ccccc3)c(C)c2)cc1C. The molecule has 0 aliphatic carbocycles. The van der Waals surface area contributed by atoms with Gasteiger partial charge in [-0.25, -0.2) is 0 Å². The Hall–Kier alpha value is -6.46. The standard InChI is InChI=1S/C70H70Br2N2/c1-7-9-11-15-25-55-47-70(68-42-38-64(46-52(68)6)74(60-33-29-58(72)30-34-60)62-36-40-66(50(4)44-62)54-23-19-14-20-24-54)56(26-16-12-10-8-2)48-69(55)67-41-37-63(45-51(67)5)73(59-31-27-57(71)28-32-59)61-35-39-65(49(3)43-61)53-21-17-13-18-22-53/h13-14,17-24,27-48H,7-12,15-16,25-26H2,1-6H3. The molecule has 0 heterocycles. The fraction of sp³-hybridized carbons (Fsp3) is 0.229. The quantitative estimate of drug-likeness (QED) is 0.0702. The lowest BCUT2D eigenvalue weighted by Crippen LogP contribution is -2.11. The van der Waals surface area contributed by atoms with E-state index in [9.17, 15) is 0 Å². The normalized spacial score (nSPS) is 11.2. The van der Waals surface area contributed by atoms with Crippen LogP contribution in [-0.4, -0.2) is 0 Å². The number of nitrogens with zero attached hydrogens (tertiary/aromatic N) is 2. The van der Waals surface area contributed by atoms with Gasteiger partial charge in [-0.2, -0.15) is 0 Å². The van der Waals surface area contributed by atoms with Gasteiger partial charge in [-0.1, -0.05) is 181 Å². The average Bonchev–Trinajstić information content (AvgIpc) is 3.41. The van der Waals surface area contributed by atoms with Crippen LogP contribution in [0.2, 0.25) is 0 Å². The minimum atomic E-state index is 1.05. The van der Waals surface area contributed by atoms with E-state index in [0.29, 0.717) is 0 Å². The Morgan fingerprint density at radius 3 is 0.919 bits per heavy atom. The number of halogens is 2. The molecule has 74 heavy (non-hydrogen) atoms. The molecule has 0 aliphatic heterocycles. The maximum Gasteiger partial charge on any atom is 0.0464 e. The van der Waals surface area contributed by atoms with Crippen molar-refractivity contribution in [3.05, 3.63) is 236 Å². The van der Waals surface area contributed by atoms with E-state index >= 15 is 0 Å². The lowest BCUT2D eigenvalue weighted by molar-refractivity contribution is 0.664. The Kier molecular flexibility index (Phi) is 17.5. The van der Waals surface area contributed by atoms with Crippen molar-refractivity contribution in [3.8, 4) is 44.5 Å². The molecule has 9 aromatic rings. The first-order chi connectivity index (χ1) is 36.1. The predicted molar refractivity (Wildman–Crippen MR) is 328 cm³/mol. The van der Waals surface area contributed by atoms with Gasteiger partial charge in [0.1, 0.15) is 0 Å². The zero-order valence-electron chi connectivity index (χ0n) is 44.2. The van der Waals surface area contributed by atoms with Gasteiger partial charge in [0.2, 0.25) is 0 Å². The van der Waals surface area contributed by atoms with Crippen molar-refractivity contribution in [1.29, 1.82) is 0 Å². The summed E-state index contributed by atoms with van der Waals surface area (Å²) in [5.74, 6) is 0. The van der Waals surface area contributed by atoms with E-state index in [1.54, 1.807) is 0 Å². The number of unbranched alkanes of at least 4 members (excludes halogenated alkanes) is 6. The maximum atomic E-state index is 3.70. The highest BCUT2D eigenvalue weighted by atomic mass is 79.9. The monoisotopic (exact) mass is 1100 g/mol. The summed E-state index contributed by atoms with van der Waals surface area (Å²) < 4.78 is 2.13. The third-order valence-corrected chi connectivity index (χ3v) is 15.8. The van der Waals surface area contributed by atoms with Gasteiger partial charge in [-0.3, -0.25) is 0 Å². The molecule has 374 valence electrons. The Morgan fingerprint density at radius 2 is 0.608 bits per heavy atom. The van der Waals surface area contributed by atoms with Crippen LogP contribution in [0.4, 0.5) is 34.1 Å². The van der Waals surface area contributed by atoms with E-state index in [-0.39, 0.29) is 0 Å². The average molecular weight is 1100 g/mol. The lowest BCUT2D eigenvalue weighted by atomic mass is 9.84. The van der Waals surface area contributed by atoms with Crippen molar-refractivity contribution < 1.29 is 0 Å². The molecule has 0 saturated carbocycles. The fourth-order valence-corrected chi connectivity index (χ4v) is 11.3. The number of anilines is 6. The van der Waals surface area contributed by atoms with Crippen molar-refractivity contribution in [2.24, 2.45) is 0 Å². The highest BCUT2D eigenvalue weighted by molar-refractivity contribution is 9.10. The van der Waals surface area contributed by atoms with Crippen molar-refractivity contribution in [3.63, 3.8) is 0 Å². The molecular formula is C70H70Br2N2. The number of aryl methyl sites for hydroxylation is 6. The van der Waals surface area contributed by atoms with Crippen molar-refractivity contribution in [1.82, 2.24) is 0 Å². The van der Waals surface area contributed by atoms with E-state index in [2.05, 4.69) is 277 Å². The molecule has 0 fully saturated rings. The molecule has 0 aliphatic rings. The second-order valence-corrected chi connectivity index (χ2v) is 22.0. The van der Waals surface area contributed by atoms with Crippen molar-refractivity contribution in [2.45, 2.75) is 106 Å². The summed E-state index contributed by atoms with van der Waals surface area (Å²) in [6.45, 7) is 13.7. The largest absolute Gasteiger partial charge is 0.310 e.